The lowest BCUT2D eigenvalue weighted by atomic mass is 10.0. The van der Waals surface area contributed by atoms with Crippen molar-refractivity contribution in [1.29, 1.82) is 0 Å². The molecule has 306 valence electrons. The van der Waals surface area contributed by atoms with Gasteiger partial charge in [0.05, 0.1) is 18.8 Å². The van der Waals surface area contributed by atoms with Crippen LogP contribution in [0.5, 0.6) is 0 Å². The van der Waals surface area contributed by atoms with Crippen LogP contribution in [-0.4, -0.2) is 34.9 Å². The Morgan fingerprint density at radius 3 is 1.25 bits per heavy atom. The Morgan fingerprint density at radius 2 is 0.830 bits per heavy atom. The number of carbonyl (C=O) groups is 1. The van der Waals surface area contributed by atoms with Gasteiger partial charge in [-0.25, -0.2) is 0 Å². The molecule has 0 spiro atoms. The van der Waals surface area contributed by atoms with Gasteiger partial charge in [-0.2, -0.15) is 0 Å². The molecule has 2 unspecified atom stereocenters. The second-order valence-electron chi connectivity index (χ2n) is 15.1. The van der Waals surface area contributed by atoms with Crippen molar-refractivity contribution >= 4 is 5.91 Å². The smallest absolute Gasteiger partial charge is 0.220 e. The quantitative estimate of drug-likeness (QED) is 0.0433. The fourth-order valence-corrected chi connectivity index (χ4v) is 6.54. The van der Waals surface area contributed by atoms with Gasteiger partial charge in [0.1, 0.15) is 0 Å². The van der Waals surface area contributed by atoms with E-state index >= 15 is 0 Å². The minimum atomic E-state index is -0.657. The number of aliphatic hydroxyl groups excluding tert-OH is 2. The van der Waals surface area contributed by atoms with Crippen molar-refractivity contribution in [3.05, 3.63) is 72.9 Å². The lowest BCUT2D eigenvalue weighted by molar-refractivity contribution is -0.123. The number of hydrogen-bond donors (Lipinski definition) is 3. The molecule has 0 aromatic heterocycles. The van der Waals surface area contributed by atoms with Crippen LogP contribution in [0.1, 0.15) is 213 Å². The molecule has 0 saturated heterocycles. The molecule has 0 rings (SSSR count). The highest BCUT2D eigenvalue weighted by atomic mass is 16.3. The normalized spacial score (nSPS) is 13.7. The third-order valence-electron chi connectivity index (χ3n) is 9.98. The van der Waals surface area contributed by atoms with Crippen LogP contribution in [0.4, 0.5) is 0 Å². The van der Waals surface area contributed by atoms with Gasteiger partial charge < -0.3 is 15.5 Å². The van der Waals surface area contributed by atoms with Crippen molar-refractivity contribution in [1.82, 2.24) is 5.32 Å². The summed E-state index contributed by atoms with van der Waals surface area (Å²) >= 11 is 0. The first-order chi connectivity index (χ1) is 26.2. The van der Waals surface area contributed by atoms with Gasteiger partial charge in [0.25, 0.3) is 0 Å². The van der Waals surface area contributed by atoms with E-state index in [1.54, 1.807) is 0 Å². The maximum Gasteiger partial charge on any atom is 0.220 e. The molecule has 0 radical (unpaired) electrons. The number of amides is 1. The van der Waals surface area contributed by atoms with Crippen LogP contribution in [0.25, 0.3) is 0 Å². The second kappa shape index (κ2) is 44.2. The molecule has 0 heterocycles. The topological polar surface area (TPSA) is 69.6 Å². The molecule has 0 saturated carbocycles. The zero-order chi connectivity index (χ0) is 38.6. The van der Waals surface area contributed by atoms with E-state index in [4.69, 9.17) is 0 Å². The van der Waals surface area contributed by atoms with E-state index in [1.165, 1.54) is 122 Å². The Labute approximate surface area is 329 Å². The molecule has 0 fully saturated rings. The Kier molecular flexibility index (Phi) is 42.4. The van der Waals surface area contributed by atoms with E-state index in [2.05, 4.69) is 92.1 Å². The van der Waals surface area contributed by atoms with Crippen molar-refractivity contribution in [3.8, 4) is 0 Å². The van der Waals surface area contributed by atoms with Gasteiger partial charge in [-0.1, -0.05) is 215 Å². The van der Waals surface area contributed by atoms with Gasteiger partial charge in [0, 0.05) is 6.42 Å². The van der Waals surface area contributed by atoms with Crippen molar-refractivity contribution in [2.45, 2.75) is 225 Å². The monoisotopic (exact) mass is 738 g/mol. The number of rotatable bonds is 40. The van der Waals surface area contributed by atoms with Crippen LogP contribution in [0.2, 0.25) is 0 Å². The Balaban J connectivity index is 3.44. The highest BCUT2D eigenvalue weighted by Crippen LogP contribution is 2.15. The van der Waals surface area contributed by atoms with Crippen LogP contribution in [0.15, 0.2) is 72.9 Å². The molecule has 0 aliphatic heterocycles. The van der Waals surface area contributed by atoms with E-state index < -0.39 is 12.1 Å². The first kappa shape index (κ1) is 50.8. The predicted octanol–water partition coefficient (Wildman–Crippen LogP) is 14.3. The molecule has 53 heavy (non-hydrogen) atoms. The summed E-state index contributed by atoms with van der Waals surface area (Å²) in [7, 11) is 0. The molecule has 4 nitrogen and oxygen atoms in total. The lowest BCUT2D eigenvalue weighted by Crippen LogP contribution is -2.45. The molecule has 0 aliphatic carbocycles. The highest BCUT2D eigenvalue weighted by molar-refractivity contribution is 5.76. The fourth-order valence-electron chi connectivity index (χ4n) is 6.54. The molecule has 0 aromatic rings. The first-order valence-corrected chi connectivity index (χ1v) is 22.6. The summed E-state index contributed by atoms with van der Waals surface area (Å²) in [5.41, 5.74) is 0. The van der Waals surface area contributed by atoms with Gasteiger partial charge in [0.15, 0.2) is 0 Å². The van der Waals surface area contributed by atoms with Gasteiger partial charge in [0.2, 0.25) is 5.91 Å². The van der Waals surface area contributed by atoms with Crippen LogP contribution < -0.4 is 5.32 Å². The molecule has 1 amide bonds. The second-order valence-corrected chi connectivity index (χ2v) is 15.1. The molecule has 3 N–H and O–H groups in total. The van der Waals surface area contributed by atoms with Crippen LogP contribution in [-0.2, 0) is 4.79 Å². The molecule has 0 aromatic carbocycles. The number of carbonyl (C=O) groups excluding carboxylic acids is 1. The van der Waals surface area contributed by atoms with Gasteiger partial charge in [-0.3, -0.25) is 4.79 Å². The predicted molar refractivity (Wildman–Crippen MR) is 234 cm³/mol. The molecule has 0 bridgehead atoms. The third kappa shape index (κ3) is 40.8. The summed E-state index contributed by atoms with van der Waals surface area (Å²) in [6, 6.07) is -0.534. The number of aliphatic hydroxyl groups is 2. The number of allylic oxidation sites excluding steroid dienone is 12. The Hall–Kier alpha value is -2.17. The van der Waals surface area contributed by atoms with E-state index in [-0.39, 0.29) is 12.5 Å². The maximum atomic E-state index is 12.3. The minimum Gasteiger partial charge on any atom is -0.394 e. The SMILES string of the molecule is CC/C=C\C/C=C\C/C=C\C/C=C\C/C=C\C/C=C\CCCCCCCCCCCCCCCCCCC(=O)NC(CO)C(O)CCCCCCCC. The van der Waals surface area contributed by atoms with E-state index in [1.807, 2.05) is 0 Å². The summed E-state index contributed by atoms with van der Waals surface area (Å²) in [5.74, 6) is -0.0390. The van der Waals surface area contributed by atoms with E-state index in [0.29, 0.717) is 12.8 Å². The van der Waals surface area contributed by atoms with E-state index in [0.717, 1.165) is 64.2 Å². The fraction of sp³-hybridized carbons (Fsp3) is 0.735. The standard InChI is InChI=1S/C49H87NO3/c1-3-5-7-9-11-12-13-14-15-16-17-18-19-20-21-22-23-24-25-26-27-28-29-30-31-32-33-34-35-36-37-38-39-41-43-45-49(53)50-47(46-51)48(52)44-42-40-10-8-6-4-2/h5,7,11-12,14-15,17-18,20-21,23-24,47-48,51-52H,3-4,6,8-10,13,16,19,22,25-46H2,1-2H3,(H,50,53)/b7-5-,12-11-,15-14-,18-17-,21-20-,24-23-. The summed E-state index contributed by atoms with van der Waals surface area (Å²) in [4.78, 5) is 12.3. The zero-order valence-electron chi connectivity index (χ0n) is 35.0. The minimum absolute atomic E-state index is 0.0390. The summed E-state index contributed by atoms with van der Waals surface area (Å²) in [6.07, 6.45) is 63.1. The highest BCUT2D eigenvalue weighted by Gasteiger charge is 2.19. The van der Waals surface area contributed by atoms with E-state index in [9.17, 15) is 15.0 Å². The Morgan fingerprint density at radius 1 is 0.472 bits per heavy atom. The third-order valence-corrected chi connectivity index (χ3v) is 9.98. The Bertz CT molecular complexity index is 930. The van der Waals surface area contributed by atoms with Crippen molar-refractivity contribution in [3.63, 3.8) is 0 Å². The van der Waals surface area contributed by atoms with Crippen LogP contribution in [0, 0.1) is 0 Å². The van der Waals surface area contributed by atoms with Crippen molar-refractivity contribution < 1.29 is 15.0 Å². The lowest BCUT2D eigenvalue weighted by Gasteiger charge is -2.22. The molecule has 0 aliphatic rings. The van der Waals surface area contributed by atoms with Crippen molar-refractivity contribution in [2.75, 3.05) is 6.61 Å². The van der Waals surface area contributed by atoms with Gasteiger partial charge in [-0.05, 0) is 64.2 Å². The molecular weight excluding hydrogens is 651 g/mol. The summed E-state index contributed by atoms with van der Waals surface area (Å²) in [5, 5.41) is 22.9. The van der Waals surface area contributed by atoms with Gasteiger partial charge in [-0.15, -0.1) is 0 Å². The average molecular weight is 738 g/mol. The first-order valence-electron chi connectivity index (χ1n) is 22.6. The zero-order valence-corrected chi connectivity index (χ0v) is 35.0. The number of unbranched alkanes of at least 4 members (excludes halogenated alkanes) is 21. The summed E-state index contributed by atoms with van der Waals surface area (Å²) in [6.45, 7) is 4.18. The van der Waals surface area contributed by atoms with Crippen molar-refractivity contribution in [2.24, 2.45) is 0 Å². The maximum absolute atomic E-state index is 12.3. The van der Waals surface area contributed by atoms with Gasteiger partial charge >= 0.3 is 0 Å². The van der Waals surface area contributed by atoms with Crippen LogP contribution >= 0.6 is 0 Å². The molecule has 2 atom stereocenters. The van der Waals surface area contributed by atoms with Crippen LogP contribution in [0.3, 0.4) is 0 Å². The largest absolute Gasteiger partial charge is 0.394 e. The average Bonchev–Trinajstić information content (AvgIpc) is 3.16. The molecule has 4 heteroatoms. The molecular formula is C49H87NO3. The number of hydrogen-bond acceptors (Lipinski definition) is 3. The summed E-state index contributed by atoms with van der Waals surface area (Å²) < 4.78 is 0. The number of nitrogens with one attached hydrogen (secondary N) is 1.